The van der Waals surface area contributed by atoms with Gasteiger partial charge in [-0.05, 0) is 43.3 Å². The van der Waals surface area contributed by atoms with E-state index in [1.165, 1.54) is 66.6 Å². The van der Waals surface area contributed by atoms with E-state index in [1.54, 1.807) is 6.92 Å². The van der Waals surface area contributed by atoms with Crippen LogP contribution >= 0.6 is 23.2 Å². The Morgan fingerprint density at radius 3 is 2.38 bits per heavy atom. The standard InChI is InChI=1S/C19H17Cl2N3O4S/c1-12(24-11-14(21)10-22-24)19(25)23-15-7-16(28-2)9-18(8-15)29(26,27)17-5-3-13(20)4-6-17/h3-12H,1-2H3,(H,23,25). The molecule has 1 aromatic heterocycles. The van der Waals surface area contributed by atoms with Gasteiger partial charge in [0.15, 0.2) is 0 Å². The molecule has 0 aliphatic carbocycles. The Hall–Kier alpha value is -2.55. The number of hydrogen-bond acceptors (Lipinski definition) is 5. The molecule has 0 saturated carbocycles. The molecule has 0 bridgehead atoms. The van der Waals surface area contributed by atoms with Crippen LogP contribution in [0.2, 0.25) is 10.0 Å². The van der Waals surface area contributed by atoms with Crippen LogP contribution < -0.4 is 10.1 Å². The highest BCUT2D eigenvalue weighted by atomic mass is 35.5. The number of rotatable bonds is 6. The molecule has 152 valence electrons. The number of sulfone groups is 1. The molecule has 1 unspecified atom stereocenters. The molecular weight excluding hydrogens is 437 g/mol. The highest BCUT2D eigenvalue weighted by Gasteiger charge is 2.21. The molecule has 1 N–H and O–H groups in total. The average Bonchev–Trinajstić information content (AvgIpc) is 3.13. The summed E-state index contributed by atoms with van der Waals surface area (Å²) in [5, 5.41) is 7.53. The van der Waals surface area contributed by atoms with Crippen molar-refractivity contribution in [3.05, 3.63) is 64.9 Å². The van der Waals surface area contributed by atoms with Gasteiger partial charge in [-0.3, -0.25) is 9.48 Å². The van der Waals surface area contributed by atoms with Gasteiger partial charge in [-0.1, -0.05) is 23.2 Å². The second-order valence-corrected chi connectivity index (χ2v) is 8.98. The number of halogens is 2. The van der Waals surface area contributed by atoms with E-state index in [0.29, 0.717) is 10.0 Å². The summed E-state index contributed by atoms with van der Waals surface area (Å²) >= 11 is 11.7. The van der Waals surface area contributed by atoms with Gasteiger partial charge in [-0.2, -0.15) is 5.10 Å². The molecule has 10 heteroatoms. The maximum Gasteiger partial charge on any atom is 0.248 e. The molecule has 0 aliphatic heterocycles. The maximum atomic E-state index is 13.0. The number of nitrogens with zero attached hydrogens (tertiary/aromatic N) is 2. The van der Waals surface area contributed by atoms with Crippen molar-refractivity contribution in [1.82, 2.24) is 9.78 Å². The lowest BCUT2D eigenvalue weighted by atomic mass is 10.2. The zero-order chi connectivity index (χ0) is 21.2. The van der Waals surface area contributed by atoms with Gasteiger partial charge in [-0.15, -0.1) is 0 Å². The molecule has 0 aliphatic rings. The molecule has 0 radical (unpaired) electrons. The molecule has 0 fully saturated rings. The van der Waals surface area contributed by atoms with Gasteiger partial charge >= 0.3 is 0 Å². The number of hydrogen-bond donors (Lipinski definition) is 1. The molecule has 29 heavy (non-hydrogen) atoms. The van der Waals surface area contributed by atoms with Crippen molar-refractivity contribution >= 4 is 44.6 Å². The van der Waals surface area contributed by atoms with Gasteiger partial charge in [-0.25, -0.2) is 8.42 Å². The van der Waals surface area contributed by atoms with Gasteiger partial charge in [0.05, 0.1) is 28.1 Å². The first-order valence-electron chi connectivity index (χ1n) is 8.41. The van der Waals surface area contributed by atoms with Gasteiger partial charge < -0.3 is 10.1 Å². The lowest BCUT2D eigenvalue weighted by Gasteiger charge is -2.15. The van der Waals surface area contributed by atoms with Gasteiger partial charge in [0, 0.05) is 23.0 Å². The predicted molar refractivity (Wildman–Crippen MR) is 110 cm³/mol. The van der Waals surface area contributed by atoms with E-state index in [-0.39, 0.29) is 21.2 Å². The summed E-state index contributed by atoms with van der Waals surface area (Å²) in [6.45, 7) is 1.64. The highest BCUT2D eigenvalue weighted by Crippen LogP contribution is 2.29. The maximum absolute atomic E-state index is 13.0. The van der Waals surface area contributed by atoms with Gasteiger partial charge in [0.25, 0.3) is 0 Å². The Kier molecular flexibility index (Phi) is 6.16. The van der Waals surface area contributed by atoms with E-state index in [4.69, 9.17) is 27.9 Å². The van der Waals surface area contributed by atoms with Crippen LogP contribution in [0, 0.1) is 0 Å². The number of nitrogens with one attached hydrogen (secondary N) is 1. The van der Waals surface area contributed by atoms with Crippen molar-refractivity contribution in [3.8, 4) is 5.75 Å². The fraction of sp³-hybridized carbons (Fsp3) is 0.158. The zero-order valence-electron chi connectivity index (χ0n) is 15.5. The number of ether oxygens (including phenoxy) is 1. The SMILES string of the molecule is COc1cc(NC(=O)C(C)n2cc(Cl)cn2)cc(S(=O)(=O)c2ccc(Cl)cc2)c1. The number of methoxy groups -OCH3 is 1. The third-order valence-corrected chi connectivity index (χ3v) is 6.36. The van der Waals surface area contributed by atoms with Crippen LogP contribution in [0.5, 0.6) is 5.75 Å². The Bertz CT molecular complexity index is 1140. The summed E-state index contributed by atoms with van der Waals surface area (Å²) in [5.41, 5.74) is 0.270. The molecule has 3 rings (SSSR count). The second-order valence-electron chi connectivity index (χ2n) is 6.16. The van der Waals surface area contributed by atoms with Crippen LogP contribution in [0.1, 0.15) is 13.0 Å². The Morgan fingerprint density at radius 2 is 1.79 bits per heavy atom. The molecule has 1 heterocycles. The van der Waals surface area contributed by atoms with Crippen molar-refractivity contribution < 1.29 is 17.9 Å². The largest absolute Gasteiger partial charge is 0.497 e. The molecule has 7 nitrogen and oxygen atoms in total. The van der Waals surface area contributed by atoms with Crippen molar-refractivity contribution in [3.63, 3.8) is 0 Å². The Balaban J connectivity index is 1.92. The smallest absolute Gasteiger partial charge is 0.248 e. The van der Waals surface area contributed by atoms with E-state index in [9.17, 15) is 13.2 Å². The summed E-state index contributed by atoms with van der Waals surface area (Å²) in [7, 11) is -2.43. The van der Waals surface area contributed by atoms with Crippen molar-refractivity contribution in [2.75, 3.05) is 12.4 Å². The summed E-state index contributed by atoms with van der Waals surface area (Å²) in [5.74, 6) is -0.113. The van der Waals surface area contributed by atoms with E-state index in [1.807, 2.05) is 0 Å². The van der Waals surface area contributed by atoms with Gasteiger partial charge in [0.1, 0.15) is 11.8 Å². The molecule has 0 spiro atoms. The van der Waals surface area contributed by atoms with Crippen LogP contribution in [0.15, 0.2) is 64.6 Å². The molecule has 3 aromatic rings. The fourth-order valence-electron chi connectivity index (χ4n) is 2.56. The molecule has 1 atom stereocenters. The van der Waals surface area contributed by atoms with Crippen molar-refractivity contribution in [2.24, 2.45) is 0 Å². The van der Waals surface area contributed by atoms with E-state index < -0.39 is 21.8 Å². The van der Waals surface area contributed by atoms with E-state index in [0.717, 1.165) is 0 Å². The summed E-state index contributed by atoms with van der Waals surface area (Å²) in [6.07, 6.45) is 2.95. The molecule has 2 aromatic carbocycles. The third kappa shape index (κ3) is 4.72. The fourth-order valence-corrected chi connectivity index (χ4v) is 4.15. The van der Waals surface area contributed by atoms with Crippen LogP contribution in [-0.4, -0.2) is 31.2 Å². The molecule has 1 amide bonds. The number of benzene rings is 2. The summed E-state index contributed by atoms with van der Waals surface area (Å²) in [4.78, 5) is 12.6. The first-order chi connectivity index (χ1) is 13.7. The summed E-state index contributed by atoms with van der Waals surface area (Å²) < 4.78 is 32.5. The van der Waals surface area contributed by atoms with Crippen LogP contribution in [0.3, 0.4) is 0 Å². The minimum Gasteiger partial charge on any atom is -0.497 e. The van der Waals surface area contributed by atoms with Crippen molar-refractivity contribution in [2.45, 2.75) is 22.8 Å². The van der Waals surface area contributed by atoms with E-state index >= 15 is 0 Å². The highest BCUT2D eigenvalue weighted by molar-refractivity contribution is 7.91. The minimum atomic E-state index is -3.84. The predicted octanol–water partition coefficient (Wildman–Crippen LogP) is 4.23. The van der Waals surface area contributed by atoms with Crippen LogP contribution in [0.25, 0.3) is 0 Å². The Labute approximate surface area is 178 Å². The summed E-state index contributed by atoms with van der Waals surface area (Å²) in [6, 6.07) is 9.44. The lowest BCUT2D eigenvalue weighted by molar-refractivity contribution is -0.119. The Morgan fingerprint density at radius 1 is 1.10 bits per heavy atom. The third-order valence-electron chi connectivity index (χ3n) is 4.16. The first kappa shape index (κ1) is 21.2. The lowest BCUT2D eigenvalue weighted by Crippen LogP contribution is -2.24. The number of carbonyl (C=O) groups excluding carboxylic acids is 1. The number of anilines is 1. The molecular formula is C19H17Cl2N3O4S. The normalized spacial score (nSPS) is 12.4. The van der Waals surface area contributed by atoms with Crippen molar-refractivity contribution in [1.29, 1.82) is 0 Å². The average molecular weight is 454 g/mol. The topological polar surface area (TPSA) is 90.3 Å². The first-order valence-corrected chi connectivity index (χ1v) is 10.6. The molecule has 0 saturated heterocycles. The number of carbonyl (C=O) groups is 1. The van der Waals surface area contributed by atoms with Gasteiger partial charge in [0.2, 0.25) is 15.7 Å². The van der Waals surface area contributed by atoms with E-state index in [2.05, 4.69) is 10.4 Å². The number of aromatic nitrogens is 2. The van der Waals surface area contributed by atoms with Crippen LogP contribution in [0.4, 0.5) is 5.69 Å². The quantitative estimate of drug-likeness (QED) is 0.602. The monoisotopic (exact) mass is 453 g/mol. The minimum absolute atomic E-state index is 0.0238. The zero-order valence-corrected chi connectivity index (χ0v) is 17.8. The second kappa shape index (κ2) is 8.44. The van der Waals surface area contributed by atoms with Crippen LogP contribution in [-0.2, 0) is 14.6 Å². The number of amides is 1.